The standard InChI is InChI=1S/C22H15N3O3S/c26-22-19-18(15-4-2-1-3-5-15)13-29-21(19)23-20-16(10-11-24(20)22)12-14-6-8-17(9-7-14)25(27)28/h1-9,12-13H,10-11H2/b16-12+. The molecule has 0 saturated heterocycles. The Morgan fingerprint density at radius 2 is 1.86 bits per heavy atom. The molecule has 0 aliphatic carbocycles. The van der Waals surface area contributed by atoms with Gasteiger partial charge in [-0.15, -0.1) is 11.3 Å². The summed E-state index contributed by atoms with van der Waals surface area (Å²) in [7, 11) is 0. The average Bonchev–Trinajstić information content (AvgIpc) is 3.34. The lowest BCUT2D eigenvalue weighted by Crippen LogP contribution is -2.20. The Morgan fingerprint density at radius 3 is 2.59 bits per heavy atom. The zero-order valence-electron chi connectivity index (χ0n) is 15.2. The van der Waals surface area contributed by atoms with Gasteiger partial charge < -0.3 is 0 Å². The highest BCUT2D eigenvalue weighted by molar-refractivity contribution is 7.17. The van der Waals surface area contributed by atoms with E-state index in [-0.39, 0.29) is 11.2 Å². The Labute approximate surface area is 169 Å². The molecule has 1 aliphatic rings. The van der Waals surface area contributed by atoms with E-state index in [2.05, 4.69) is 0 Å². The highest BCUT2D eigenvalue weighted by Crippen LogP contribution is 2.34. The van der Waals surface area contributed by atoms with Crippen LogP contribution in [0.15, 0.2) is 64.8 Å². The Balaban J connectivity index is 1.61. The second-order valence-corrected chi connectivity index (χ2v) is 7.71. The third kappa shape index (κ3) is 2.96. The predicted octanol–water partition coefficient (Wildman–Crippen LogP) is 4.98. The van der Waals surface area contributed by atoms with Crippen LogP contribution < -0.4 is 5.56 Å². The molecule has 0 saturated carbocycles. The molecular formula is C22H15N3O3S. The largest absolute Gasteiger partial charge is 0.292 e. The van der Waals surface area contributed by atoms with E-state index in [1.165, 1.54) is 23.5 Å². The number of hydrogen-bond acceptors (Lipinski definition) is 5. The lowest BCUT2D eigenvalue weighted by Gasteiger charge is -2.05. The summed E-state index contributed by atoms with van der Waals surface area (Å²) < 4.78 is 1.73. The third-order valence-electron chi connectivity index (χ3n) is 5.12. The number of fused-ring (bicyclic) bond motifs is 2. The second-order valence-electron chi connectivity index (χ2n) is 6.86. The number of nitro benzene ring substituents is 1. The molecule has 2 aromatic carbocycles. The number of benzene rings is 2. The first-order chi connectivity index (χ1) is 14.1. The maximum Gasteiger partial charge on any atom is 0.269 e. The van der Waals surface area contributed by atoms with Gasteiger partial charge in [-0.1, -0.05) is 30.3 Å². The van der Waals surface area contributed by atoms with Crippen LogP contribution in [0.25, 0.3) is 33.0 Å². The number of non-ortho nitro benzene ring substituents is 1. The molecule has 4 aromatic rings. The van der Waals surface area contributed by atoms with E-state index in [4.69, 9.17) is 4.98 Å². The van der Waals surface area contributed by atoms with Gasteiger partial charge in [0.2, 0.25) is 0 Å². The summed E-state index contributed by atoms with van der Waals surface area (Å²) in [5.74, 6) is 0.683. The van der Waals surface area contributed by atoms with Gasteiger partial charge in [0.25, 0.3) is 11.2 Å². The minimum absolute atomic E-state index is 0.0165. The summed E-state index contributed by atoms with van der Waals surface area (Å²) in [6, 6.07) is 16.3. The van der Waals surface area contributed by atoms with Crippen molar-refractivity contribution in [1.82, 2.24) is 9.55 Å². The highest BCUT2D eigenvalue weighted by atomic mass is 32.1. The molecule has 0 fully saturated rings. The molecule has 0 spiro atoms. The van der Waals surface area contributed by atoms with Gasteiger partial charge in [0, 0.05) is 29.6 Å². The van der Waals surface area contributed by atoms with Crippen LogP contribution in [0.5, 0.6) is 0 Å². The van der Waals surface area contributed by atoms with Gasteiger partial charge >= 0.3 is 0 Å². The number of thiophene rings is 1. The van der Waals surface area contributed by atoms with Crippen molar-refractivity contribution in [2.75, 3.05) is 0 Å². The molecule has 0 bridgehead atoms. The van der Waals surface area contributed by atoms with Gasteiger partial charge in [-0.05, 0) is 41.3 Å². The minimum atomic E-state index is -0.416. The summed E-state index contributed by atoms with van der Waals surface area (Å²) in [5.41, 5.74) is 3.79. The molecule has 3 heterocycles. The van der Waals surface area contributed by atoms with E-state index < -0.39 is 4.92 Å². The molecule has 29 heavy (non-hydrogen) atoms. The van der Waals surface area contributed by atoms with Crippen molar-refractivity contribution in [2.24, 2.45) is 0 Å². The predicted molar refractivity (Wildman–Crippen MR) is 115 cm³/mol. The number of allylic oxidation sites excluding steroid dienone is 1. The van der Waals surface area contributed by atoms with Gasteiger partial charge in [0.15, 0.2) is 0 Å². The smallest absolute Gasteiger partial charge is 0.269 e. The Hall–Kier alpha value is -3.58. The number of rotatable bonds is 3. The van der Waals surface area contributed by atoms with Gasteiger partial charge in [-0.2, -0.15) is 0 Å². The van der Waals surface area contributed by atoms with Crippen LogP contribution in [0.3, 0.4) is 0 Å². The van der Waals surface area contributed by atoms with Crippen molar-refractivity contribution in [3.05, 3.63) is 91.8 Å². The first kappa shape index (κ1) is 17.5. The van der Waals surface area contributed by atoms with Crippen molar-refractivity contribution >= 4 is 38.9 Å². The van der Waals surface area contributed by atoms with Crippen LogP contribution in [0, 0.1) is 10.1 Å². The Morgan fingerprint density at radius 1 is 1.10 bits per heavy atom. The van der Waals surface area contributed by atoms with Crippen molar-refractivity contribution in [1.29, 1.82) is 0 Å². The van der Waals surface area contributed by atoms with Gasteiger partial charge in [0.05, 0.1) is 10.3 Å². The molecule has 0 amide bonds. The molecule has 0 unspecified atom stereocenters. The van der Waals surface area contributed by atoms with E-state index in [0.717, 1.165) is 27.1 Å². The Bertz CT molecular complexity index is 1340. The first-order valence-electron chi connectivity index (χ1n) is 9.14. The second kappa shape index (κ2) is 6.79. The highest BCUT2D eigenvalue weighted by Gasteiger charge is 2.23. The molecule has 5 rings (SSSR count). The number of aromatic nitrogens is 2. The van der Waals surface area contributed by atoms with E-state index in [9.17, 15) is 14.9 Å². The van der Waals surface area contributed by atoms with Gasteiger partial charge in [0.1, 0.15) is 10.7 Å². The van der Waals surface area contributed by atoms with E-state index >= 15 is 0 Å². The van der Waals surface area contributed by atoms with Gasteiger partial charge in [-0.25, -0.2) is 4.98 Å². The van der Waals surface area contributed by atoms with Crippen molar-refractivity contribution in [3.8, 4) is 11.1 Å². The molecular weight excluding hydrogens is 386 g/mol. The SMILES string of the molecule is O=c1c2c(-c3ccccc3)csc2nc2n1CC/C2=C\c1ccc([N+](=O)[O-])cc1. The van der Waals surface area contributed by atoms with Crippen LogP contribution in [0.2, 0.25) is 0 Å². The molecule has 6 nitrogen and oxygen atoms in total. The Kier molecular flexibility index (Phi) is 4.10. The van der Waals surface area contributed by atoms with Crippen molar-refractivity contribution < 1.29 is 4.92 Å². The van der Waals surface area contributed by atoms with Crippen LogP contribution in [0.4, 0.5) is 5.69 Å². The van der Waals surface area contributed by atoms with Crippen LogP contribution >= 0.6 is 11.3 Å². The fraction of sp³-hybridized carbons (Fsp3) is 0.0909. The number of hydrogen-bond donors (Lipinski definition) is 0. The normalized spacial score (nSPS) is 14.4. The van der Waals surface area contributed by atoms with Crippen molar-refractivity contribution in [3.63, 3.8) is 0 Å². The minimum Gasteiger partial charge on any atom is -0.292 e. The number of nitrogens with zero attached hydrogens (tertiary/aromatic N) is 3. The van der Waals surface area contributed by atoms with E-state index in [0.29, 0.717) is 24.2 Å². The monoisotopic (exact) mass is 401 g/mol. The number of nitro groups is 1. The lowest BCUT2D eigenvalue weighted by molar-refractivity contribution is -0.384. The molecule has 0 N–H and O–H groups in total. The third-order valence-corrected chi connectivity index (χ3v) is 5.99. The fourth-order valence-electron chi connectivity index (χ4n) is 3.68. The molecule has 7 heteroatoms. The zero-order valence-corrected chi connectivity index (χ0v) is 16.1. The molecule has 1 aliphatic heterocycles. The average molecular weight is 401 g/mol. The van der Waals surface area contributed by atoms with E-state index in [1.54, 1.807) is 16.7 Å². The zero-order chi connectivity index (χ0) is 20.0. The topological polar surface area (TPSA) is 78.0 Å². The van der Waals surface area contributed by atoms with Crippen LogP contribution in [-0.4, -0.2) is 14.5 Å². The summed E-state index contributed by atoms with van der Waals surface area (Å²) in [6.07, 6.45) is 2.66. The first-order valence-corrected chi connectivity index (χ1v) is 10.0. The maximum absolute atomic E-state index is 13.2. The molecule has 142 valence electrons. The lowest BCUT2D eigenvalue weighted by atomic mass is 10.1. The maximum atomic E-state index is 13.2. The summed E-state index contributed by atoms with van der Waals surface area (Å²) in [6.45, 7) is 0.583. The summed E-state index contributed by atoms with van der Waals surface area (Å²) in [5, 5.41) is 13.5. The van der Waals surface area contributed by atoms with Crippen LogP contribution in [0.1, 0.15) is 17.8 Å². The summed E-state index contributed by atoms with van der Waals surface area (Å²) in [4.78, 5) is 29.2. The molecule has 0 atom stereocenters. The quantitative estimate of drug-likeness (QED) is 0.358. The van der Waals surface area contributed by atoms with Crippen molar-refractivity contribution in [2.45, 2.75) is 13.0 Å². The summed E-state index contributed by atoms with van der Waals surface area (Å²) >= 11 is 1.48. The fourth-order valence-corrected chi connectivity index (χ4v) is 4.62. The van der Waals surface area contributed by atoms with Gasteiger partial charge in [-0.3, -0.25) is 19.5 Å². The van der Waals surface area contributed by atoms with Crippen LogP contribution in [-0.2, 0) is 6.54 Å². The molecule has 2 aromatic heterocycles. The van der Waals surface area contributed by atoms with E-state index in [1.807, 2.05) is 41.8 Å². The molecule has 0 radical (unpaired) electrons.